The quantitative estimate of drug-likeness (QED) is 0.941. The number of carbonyl (C=O) groups excluding carboxylic acids is 1. The summed E-state index contributed by atoms with van der Waals surface area (Å²) in [5, 5.41) is 4.94. The fraction of sp³-hybridized carbons (Fsp3) is 0.312. The van der Waals surface area contributed by atoms with E-state index in [9.17, 15) is 4.79 Å². The van der Waals surface area contributed by atoms with E-state index < -0.39 is 0 Å². The van der Waals surface area contributed by atoms with E-state index in [0.29, 0.717) is 42.6 Å². The fourth-order valence-corrected chi connectivity index (χ4v) is 3.10. The lowest BCUT2D eigenvalue weighted by atomic mass is 10.1. The van der Waals surface area contributed by atoms with Crippen molar-refractivity contribution in [2.45, 2.75) is 13.5 Å². The van der Waals surface area contributed by atoms with E-state index in [-0.39, 0.29) is 5.91 Å². The molecule has 22 heavy (non-hydrogen) atoms. The van der Waals surface area contributed by atoms with E-state index in [1.807, 2.05) is 18.4 Å². The summed E-state index contributed by atoms with van der Waals surface area (Å²) in [6.07, 6.45) is 0. The molecule has 0 saturated heterocycles. The van der Waals surface area contributed by atoms with Gasteiger partial charge in [-0.1, -0.05) is 0 Å². The number of methoxy groups -OCH3 is 1. The smallest absolute Gasteiger partial charge is 0.251 e. The van der Waals surface area contributed by atoms with Crippen molar-refractivity contribution in [3.8, 4) is 17.2 Å². The number of amides is 1. The Morgan fingerprint density at radius 1 is 1.36 bits per heavy atom. The minimum absolute atomic E-state index is 0.164. The highest BCUT2D eigenvalue weighted by Gasteiger charge is 2.20. The third-order valence-electron chi connectivity index (χ3n) is 3.47. The van der Waals surface area contributed by atoms with Gasteiger partial charge in [-0.2, -0.15) is 0 Å². The summed E-state index contributed by atoms with van der Waals surface area (Å²) in [5.74, 6) is 1.44. The molecule has 1 aromatic heterocycles. The molecule has 1 N–H and O–H groups in total. The Hall–Kier alpha value is -2.21. The van der Waals surface area contributed by atoms with Crippen LogP contribution >= 0.6 is 11.3 Å². The monoisotopic (exact) mass is 319 g/mol. The van der Waals surface area contributed by atoms with Gasteiger partial charge in [0.2, 0.25) is 5.75 Å². The molecular weight excluding hydrogens is 302 g/mol. The van der Waals surface area contributed by atoms with Crippen LogP contribution in [0.25, 0.3) is 0 Å². The zero-order valence-electron chi connectivity index (χ0n) is 12.5. The molecule has 1 aliphatic heterocycles. The van der Waals surface area contributed by atoms with Gasteiger partial charge in [-0.25, -0.2) is 0 Å². The van der Waals surface area contributed by atoms with E-state index in [4.69, 9.17) is 14.2 Å². The number of fused-ring (bicyclic) bond motifs is 1. The van der Waals surface area contributed by atoms with E-state index in [1.165, 1.54) is 5.56 Å². The van der Waals surface area contributed by atoms with Gasteiger partial charge >= 0.3 is 0 Å². The maximum atomic E-state index is 12.3. The van der Waals surface area contributed by atoms with Crippen molar-refractivity contribution in [1.29, 1.82) is 0 Å². The molecular formula is C16H17NO4S. The molecule has 0 atom stereocenters. The molecule has 0 aliphatic carbocycles. The van der Waals surface area contributed by atoms with Crippen LogP contribution in [0, 0.1) is 6.92 Å². The number of rotatable bonds is 4. The Morgan fingerprint density at radius 3 is 2.91 bits per heavy atom. The highest BCUT2D eigenvalue weighted by Crippen LogP contribution is 2.40. The highest BCUT2D eigenvalue weighted by molar-refractivity contribution is 7.10. The molecule has 0 radical (unpaired) electrons. The van der Waals surface area contributed by atoms with E-state index in [0.717, 1.165) is 4.88 Å². The van der Waals surface area contributed by atoms with Crippen LogP contribution in [0.3, 0.4) is 0 Å². The zero-order chi connectivity index (χ0) is 15.5. The Balaban J connectivity index is 1.79. The van der Waals surface area contributed by atoms with Crippen molar-refractivity contribution in [3.63, 3.8) is 0 Å². The fourth-order valence-electron chi connectivity index (χ4n) is 2.25. The molecule has 0 bridgehead atoms. The number of carbonyl (C=O) groups is 1. The van der Waals surface area contributed by atoms with Gasteiger partial charge in [0, 0.05) is 10.4 Å². The van der Waals surface area contributed by atoms with Crippen molar-refractivity contribution in [1.82, 2.24) is 5.32 Å². The first kappa shape index (κ1) is 14.7. The van der Waals surface area contributed by atoms with Crippen LogP contribution in [-0.2, 0) is 6.54 Å². The molecule has 0 unspecified atom stereocenters. The largest absolute Gasteiger partial charge is 0.493 e. The lowest BCUT2D eigenvalue weighted by molar-refractivity contribution is 0.0949. The van der Waals surface area contributed by atoms with Gasteiger partial charge in [-0.3, -0.25) is 4.79 Å². The lowest BCUT2D eigenvalue weighted by Crippen LogP contribution is -2.23. The van der Waals surface area contributed by atoms with Crippen LogP contribution in [0.2, 0.25) is 0 Å². The number of ether oxygens (including phenoxy) is 3. The molecule has 3 rings (SSSR count). The Labute approximate surface area is 132 Å². The van der Waals surface area contributed by atoms with Gasteiger partial charge in [-0.05, 0) is 36.1 Å². The Kier molecular flexibility index (Phi) is 4.20. The van der Waals surface area contributed by atoms with Gasteiger partial charge < -0.3 is 19.5 Å². The average Bonchev–Trinajstić information content (AvgIpc) is 2.96. The van der Waals surface area contributed by atoms with Crippen molar-refractivity contribution in [2.75, 3.05) is 20.3 Å². The first-order chi connectivity index (χ1) is 10.7. The SMILES string of the molecule is COc1cc(C(=O)NCc2sccc2C)cc2c1OCCO2. The summed E-state index contributed by atoms with van der Waals surface area (Å²) in [6.45, 7) is 3.49. The Bertz CT molecular complexity index is 678. The minimum Gasteiger partial charge on any atom is -0.493 e. The Morgan fingerprint density at radius 2 is 2.18 bits per heavy atom. The van der Waals surface area contributed by atoms with Crippen molar-refractivity contribution in [3.05, 3.63) is 39.6 Å². The van der Waals surface area contributed by atoms with Gasteiger partial charge in [0.15, 0.2) is 11.5 Å². The summed E-state index contributed by atoms with van der Waals surface area (Å²) in [4.78, 5) is 13.5. The number of hydrogen-bond acceptors (Lipinski definition) is 5. The van der Waals surface area contributed by atoms with E-state index >= 15 is 0 Å². The molecule has 6 heteroatoms. The predicted octanol–water partition coefficient (Wildman–Crippen LogP) is 2.77. The second kappa shape index (κ2) is 6.27. The summed E-state index contributed by atoms with van der Waals surface area (Å²) in [5.41, 5.74) is 1.68. The van der Waals surface area contributed by atoms with Crippen LogP contribution < -0.4 is 19.5 Å². The topological polar surface area (TPSA) is 56.8 Å². The van der Waals surface area contributed by atoms with Crippen LogP contribution in [0.4, 0.5) is 0 Å². The number of benzene rings is 1. The van der Waals surface area contributed by atoms with Crippen LogP contribution in [0.1, 0.15) is 20.8 Å². The molecule has 2 aromatic rings. The molecule has 0 saturated carbocycles. The molecule has 2 heterocycles. The molecule has 1 aliphatic rings. The number of nitrogens with one attached hydrogen (secondary N) is 1. The average molecular weight is 319 g/mol. The van der Waals surface area contributed by atoms with Gasteiger partial charge in [-0.15, -0.1) is 11.3 Å². The third kappa shape index (κ3) is 2.87. The normalized spacial score (nSPS) is 12.8. The number of thiophene rings is 1. The zero-order valence-corrected chi connectivity index (χ0v) is 13.3. The van der Waals surface area contributed by atoms with Crippen molar-refractivity contribution >= 4 is 17.2 Å². The van der Waals surface area contributed by atoms with Crippen LogP contribution in [0.5, 0.6) is 17.2 Å². The first-order valence-corrected chi connectivity index (χ1v) is 7.86. The molecule has 116 valence electrons. The van der Waals surface area contributed by atoms with Crippen LogP contribution in [0.15, 0.2) is 23.6 Å². The summed E-state index contributed by atoms with van der Waals surface area (Å²) < 4.78 is 16.4. The molecule has 1 amide bonds. The van der Waals surface area contributed by atoms with Crippen molar-refractivity contribution in [2.24, 2.45) is 0 Å². The van der Waals surface area contributed by atoms with Gasteiger partial charge in [0.1, 0.15) is 13.2 Å². The summed E-state index contributed by atoms with van der Waals surface area (Å²) in [6, 6.07) is 5.40. The lowest BCUT2D eigenvalue weighted by Gasteiger charge is -2.21. The molecule has 1 aromatic carbocycles. The maximum absolute atomic E-state index is 12.3. The third-order valence-corrected chi connectivity index (χ3v) is 4.49. The summed E-state index contributed by atoms with van der Waals surface area (Å²) in [7, 11) is 1.55. The molecule has 5 nitrogen and oxygen atoms in total. The molecule has 0 fully saturated rings. The van der Waals surface area contributed by atoms with Crippen molar-refractivity contribution < 1.29 is 19.0 Å². The highest BCUT2D eigenvalue weighted by atomic mass is 32.1. The standard InChI is InChI=1S/C16H17NO4S/c1-10-3-6-22-14(10)9-17-16(18)11-7-12(19-2)15-13(8-11)20-4-5-21-15/h3,6-8H,4-5,9H2,1-2H3,(H,17,18). The maximum Gasteiger partial charge on any atom is 0.251 e. The van der Waals surface area contributed by atoms with Gasteiger partial charge in [0.05, 0.1) is 13.7 Å². The second-order valence-electron chi connectivity index (χ2n) is 4.91. The minimum atomic E-state index is -0.164. The van der Waals surface area contributed by atoms with Crippen LogP contribution in [-0.4, -0.2) is 26.2 Å². The number of hydrogen-bond donors (Lipinski definition) is 1. The molecule has 0 spiro atoms. The van der Waals surface area contributed by atoms with E-state index in [1.54, 1.807) is 30.6 Å². The van der Waals surface area contributed by atoms with E-state index in [2.05, 4.69) is 5.32 Å². The van der Waals surface area contributed by atoms with Gasteiger partial charge in [0.25, 0.3) is 5.91 Å². The predicted molar refractivity (Wildman–Crippen MR) is 84.2 cm³/mol. The summed E-state index contributed by atoms with van der Waals surface area (Å²) >= 11 is 1.63. The second-order valence-corrected chi connectivity index (χ2v) is 5.91. The number of aryl methyl sites for hydroxylation is 1. The first-order valence-electron chi connectivity index (χ1n) is 6.98.